The lowest BCUT2D eigenvalue weighted by molar-refractivity contribution is -0.131. The highest BCUT2D eigenvalue weighted by Gasteiger charge is 2.26. The molecular formula is C37H43Cl2N7O7. The maximum Gasteiger partial charge on any atom is 0.407 e. The highest BCUT2D eigenvalue weighted by Crippen LogP contribution is 2.27. The number of rotatable bonds is 17. The molecule has 1 saturated heterocycles. The molecule has 16 heteroatoms. The summed E-state index contributed by atoms with van der Waals surface area (Å²) in [6, 6.07) is 21.1. The highest BCUT2D eigenvalue weighted by atomic mass is 35.5. The summed E-state index contributed by atoms with van der Waals surface area (Å²) in [5.41, 5.74) is 2.85. The molecule has 0 aromatic heterocycles. The highest BCUT2D eigenvalue weighted by molar-refractivity contribution is 6.42. The van der Waals surface area contributed by atoms with Crippen molar-refractivity contribution >= 4 is 64.5 Å². The Morgan fingerprint density at radius 2 is 1.34 bits per heavy atom. The second-order valence-electron chi connectivity index (χ2n) is 12.4. The van der Waals surface area contributed by atoms with Crippen LogP contribution in [0.2, 0.25) is 10.0 Å². The molecule has 1 unspecified atom stereocenters. The summed E-state index contributed by atoms with van der Waals surface area (Å²) in [7, 11) is 1.76. The number of hydrogen-bond donors (Lipinski definition) is 5. The first-order chi connectivity index (χ1) is 25.5. The molecule has 0 bridgehead atoms. The van der Waals surface area contributed by atoms with Gasteiger partial charge in [0.15, 0.2) is 0 Å². The Kier molecular flexibility index (Phi) is 15.9. The second-order valence-corrected chi connectivity index (χ2v) is 13.2. The lowest BCUT2D eigenvalue weighted by Crippen LogP contribution is -2.45. The van der Waals surface area contributed by atoms with Crippen molar-refractivity contribution < 1.29 is 33.5 Å². The van der Waals surface area contributed by atoms with Crippen LogP contribution in [-0.4, -0.2) is 98.3 Å². The van der Waals surface area contributed by atoms with Gasteiger partial charge in [-0.2, -0.15) is 0 Å². The van der Waals surface area contributed by atoms with Gasteiger partial charge in [0, 0.05) is 19.3 Å². The lowest BCUT2D eigenvalue weighted by Gasteiger charge is -2.32. The average molecular weight is 769 g/mol. The van der Waals surface area contributed by atoms with Gasteiger partial charge in [0.2, 0.25) is 29.5 Å². The van der Waals surface area contributed by atoms with Crippen molar-refractivity contribution in [3.8, 4) is 0 Å². The predicted molar refractivity (Wildman–Crippen MR) is 200 cm³/mol. The van der Waals surface area contributed by atoms with Gasteiger partial charge in [-0.25, -0.2) is 4.79 Å². The third-order valence-corrected chi connectivity index (χ3v) is 9.07. The van der Waals surface area contributed by atoms with Crippen molar-refractivity contribution in [2.24, 2.45) is 0 Å². The van der Waals surface area contributed by atoms with E-state index in [1.54, 1.807) is 72.6 Å². The number of halogens is 2. The summed E-state index contributed by atoms with van der Waals surface area (Å²) < 4.78 is 5.01. The summed E-state index contributed by atoms with van der Waals surface area (Å²) in [5, 5.41) is 13.0. The molecule has 3 aromatic carbocycles. The zero-order valence-corrected chi connectivity index (χ0v) is 30.8. The van der Waals surface area contributed by atoms with Gasteiger partial charge in [0.1, 0.15) is 13.2 Å². The van der Waals surface area contributed by atoms with Gasteiger partial charge in [-0.15, -0.1) is 0 Å². The fourth-order valence-electron chi connectivity index (χ4n) is 5.46. The summed E-state index contributed by atoms with van der Waals surface area (Å²) in [4.78, 5) is 78.3. The maximum absolute atomic E-state index is 13.4. The molecule has 1 aliphatic heterocycles. The molecule has 1 atom stereocenters. The molecule has 5 N–H and O–H groups in total. The van der Waals surface area contributed by atoms with Crippen LogP contribution in [-0.2, 0) is 41.7 Å². The van der Waals surface area contributed by atoms with Crippen LogP contribution < -0.4 is 26.6 Å². The fraction of sp³-hybridized carbons (Fsp3) is 0.351. The van der Waals surface area contributed by atoms with Crippen molar-refractivity contribution in [3.63, 3.8) is 0 Å². The minimum atomic E-state index is -0.791. The van der Waals surface area contributed by atoms with Crippen molar-refractivity contribution in [2.45, 2.75) is 31.9 Å². The number of amides is 6. The van der Waals surface area contributed by atoms with Gasteiger partial charge < -0.3 is 41.1 Å². The number of anilines is 1. The summed E-state index contributed by atoms with van der Waals surface area (Å²) in [6.45, 7) is 0.893. The van der Waals surface area contributed by atoms with E-state index in [0.717, 1.165) is 42.6 Å². The Morgan fingerprint density at radius 3 is 1.98 bits per heavy atom. The third-order valence-electron chi connectivity index (χ3n) is 8.33. The first kappa shape index (κ1) is 40.6. The summed E-state index contributed by atoms with van der Waals surface area (Å²) in [6.07, 6.45) is 1.52. The predicted octanol–water partition coefficient (Wildman–Crippen LogP) is 3.04. The van der Waals surface area contributed by atoms with Crippen LogP contribution in [0.4, 0.5) is 10.5 Å². The number of carbonyl (C=O) groups is 6. The van der Waals surface area contributed by atoms with Crippen molar-refractivity contribution in [3.05, 3.63) is 99.5 Å². The number of nitrogens with one attached hydrogen (secondary N) is 5. The third kappa shape index (κ3) is 14.0. The molecule has 1 heterocycles. The number of likely N-dealkylation sites (tertiary alicyclic amines) is 1. The largest absolute Gasteiger partial charge is 0.445 e. The van der Waals surface area contributed by atoms with E-state index in [9.17, 15) is 28.8 Å². The smallest absolute Gasteiger partial charge is 0.407 e. The van der Waals surface area contributed by atoms with E-state index in [0.29, 0.717) is 22.3 Å². The molecule has 6 amide bonds. The van der Waals surface area contributed by atoms with Gasteiger partial charge >= 0.3 is 6.09 Å². The Balaban J connectivity index is 1.19. The van der Waals surface area contributed by atoms with E-state index in [1.165, 1.54) is 0 Å². The van der Waals surface area contributed by atoms with Crippen LogP contribution in [0, 0.1) is 0 Å². The van der Waals surface area contributed by atoms with Gasteiger partial charge in [-0.05, 0) is 66.9 Å². The maximum atomic E-state index is 13.4. The molecule has 14 nitrogen and oxygen atoms in total. The lowest BCUT2D eigenvalue weighted by atomic mass is 10.0. The molecule has 0 aliphatic carbocycles. The molecule has 4 rings (SSSR count). The number of carbonyl (C=O) groups excluding carboxylic acids is 6. The summed E-state index contributed by atoms with van der Waals surface area (Å²) >= 11 is 12.2. The van der Waals surface area contributed by atoms with E-state index in [-0.39, 0.29) is 31.5 Å². The molecule has 0 saturated carbocycles. The van der Waals surface area contributed by atoms with Crippen molar-refractivity contribution in [1.29, 1.82) is 0 Å². The molecule has 1 aliphatic rings. The molecule has 282 valence electrons. The Bertz CT molecular complexity index is 1760. The number of alkyl carbamates (subject to hydrolysis) is 1. The van der Waals surface area contributed by atoms with E-state index in [4.69, 9.17) is 27.9 Å². The van der Waals surface area contributed by atoms with Gasteiger partial charge in [0.25, 0.3) is 0 Å². The summed E-state index contributed by atoms with van der Waals surface area (Å²) in [5.74, 6) is -2.50. The second kappa shape index (κ2) is 20.8. The monoisotopic (exact) mass is 767 g/mol. The number of benzene rings is 3. The fourth-order valence-corrected chi connectivity index (χ4v) is 5.78. The van der Waals surface area contributed by atoms with E-state index >= 15 is 0 Å². The van der Waals surface area contributed by atoms with Gasteiger partial charge in [-0.1, -0.05) is 71.7 Å². The standard InChI is InChI=1S/C37H43Cl2N7O7/c1-45(36(51)17-26-12-13-29(38)30(39)16-26)31(23-46-14-5-6-15-46)27-10-7-11-28(18-27)44-35(50)22-42-33(48)20-40-32(47)19-41-34(49)21-43-37(52)53-24-25-8-3-2-4-9-25/h2-4,7-13,16,18,31H,5-6,14-15,17,19-24H2,1H3,(H,40,47)(H,41,49)(H,42,48)(H,43,52)(H,44,50). The van der Waals surface area contributed by atoms with Crippen molar-refractivity contribution in [1.82, 2.24) is 31.1 Å². The van der Waals surface area contributed by atoms with E-state index in [2.05, 4.69) is 31.5 Å². The SMILES string of the molecule is CN(C(=O)Cc1ccc(Cl)c(Cl)c1)C(CN1CCCC1)c1cccc(NC(=O)CNC(=O)CNC(=O)CNC(=O)CNC(=O)OCc2ccccc2)c1. The van der Waals surface area contributed by atoms with Crippen LogP contribution in [0.1, 0.15) is 35.6 Å². The van der Waals surface area contributed by atoms with Crippen LogP contribution in [0.5, 0.6) is 0 Å². The zero-order valence-electron chi connectivity index (χ0n) is 29.3. The van der Waals surface area contributed by atoms with Crippen LogP contribution in [0.15, 0.2) is 72.8 Å². The van der Waals surface area contributed by atoms with Crippen LogP contribution in [0.3, 0.4) is 0 Å². The topological polar surface area (TPSA) is 178 Å². The zero-order chi connectivity index (χ0) is 38.2. The Labute approximate surface area is 317 Å². The normalized spacial score (nSPS) is 13.0. The van der Waals surface area contributed by atoms with E-state index < -0.39 is 49.4 Å². The van der Waals surface area contributed by atoms with Crippen LogP contribution in [0.25, 0.3) is 0 Å². The van der Waals surface area contributed by atoms with Gasteiger partial charge in [0.05, 0.1) is 42.1 Å². The first-order valence-electron chi connectivity index (χ1n) is 17.0. The number of likely N-dealkylation sites (N-methyl/N-ethyl adjacent to an activating group) is 1. The molecule has 0 spiro atoms. The Hall–Kier alpha value is -5.18. The van der Waals surface area contributed by atoms with Crippen molar-refractivity contribution in [2.75, 3.05) is 58.2 Å². The van der Waals surface area contributed by atoms with Gasteiger partial charge in [-0.3, -0.25) is 24.0 Å². The number of ether oxygens (including phenoxy) is 1. The molecule has 53 heavy (non-hydrogen) atoms. The average Bonchev–Trinajstić information content (AvgIpc) is 3.68. The van der Waals surface area contributed by atoms with E-state index in [1.807, 2.05) is 12.1 Å². The van der Waals surface area contributed by atoms with Crippen LogP contribution >= 0.6 is 23.2 Å². The molecule has 3 aromatic rings. The quantitative estimate of drug-likeness (QED) is 0.139. The minimum Gasteiger partial charge on any atom is -0.445 e. The molecule has 0 radical (unpaired) electrons. The molecular weight excluding hydrogens is 725 g/mol. The Morgan fingerprint density at radius 1 is 0.717 bits per heavy atom. The minimum absolute atomic E-state index is 0.0396. The number of hydrogen-bond acceptors (Lipinski definition) is 8. The number of nitrogens with zero attached hydrogens (tertiary/aromatic N) is 2. The first-order valence-corrected chi connectivity index (χ1v) is 17.8. The molecule has 1 fully saturated rings.